The number of hydrogen-bond acceptors (Lipinski definition) is 6. The standard InChI is InChI=1S/C7H12N2O3.H2O4S/c1-9(2,5-8)4-6(10)3-7(11)12;1-5(2,3)4/h6,10H,3-4H2,1-2H3;(H2,1,2,3,4). The summed E-state index contributed by atoms with van der Waals surface area (Å²) in [4.78, 5) is 10.0. The van der Waals surface area contributed by atoms with Crippen LogP contribution in [0.25, 0.3) is 0 Å². The molecule has 0 bridgehead atoms. The van der Waals surface area contributed by atoms with E-state index in [0.29, 0.717) is 0 Å². The molecule has 0 fully saturated rings. The lowest BCUT2D eigenvalue weighted by Gasteiger charge is -2.21. The number of rotatable bonds is 4. The second kappa shape index (κ2) is 7.15. The minimum atomic E-state index is -4.67. The van der Waals surface area contributed by atoms with E-state index >= 15 is 0 Å². The second-order valence-corrected chi connectivity index (χ2v) is 4.54. The topological polar surface area (TPSA) is 159 Å². The largest absolute Gasteiger partial charge is 0.550 e. The zero-order chi connectivity index (χ0) is 14.3. The summed E-state index contributed by atoms with van der Waals surface area (Å²) in [6.45, 7) is 0.0878. The third-order valence-corrected chi connectivity index (χ3v) is 1.34. The van der Waals surface area contributed by atoms with Crippen molar-refractivity contribution in [3.8, 4) is 6.19 Å². The molecule has 0 aliphatic carbocycles. The summed E-state index contributed by atoms with van der Waals surface area (Å²) in [5.41, 5.74) is 0. The maximum absolute atomic E-state index is 10.0. The molecule has 0 aromatic heterocycles. The summed E-state index contributed by atoms with van der Waals surface area (Å²) < 4.78 is 31.5. The van der Waals surface area contributed by atoms with Gasteiger partial charge in [-0.3, -0.25) is 9.11 Å². The Morgan fingerprint density at radius 1 is 1.47 bits per heavy atom. The van der Waals surface area contributed by atoms with Gasteiger partial charge in [-0.25, -0.2) is 4.48 Å². The van der Waals surface area contributed by atoms with Gasteiger partial charge in [0.15, 0.2) is 0 Å². The molecule has 0 aromatic rings. The SMILES string of the molecule is C[N+](C)(C#N)CC(O)CC(=O)[O-].O=S(=O)(O)O. The van der Waals surface area contributed by atoms with Crippen LogP contribution in [0.2, 0.25) is 0 Å². The Bertz CT molecular complexity index is 376. The van der Waals surface area contributed by atoms with E-state index in [0.717, 1.165) is 0 Å². The Morgan fingerprint density at radius 2 is 1.82 bits per heavy atom. The van der Waals surface area contributed by atoms with Gasteiger partial charge in [-0.05, 0) is 0 Å². The zero-order valence-corrected chi connectivity index (χ0v) is 10.1. The first kappa shape index (κ1) is 18.1. The molecule has 3 N–H and O–H groups in total. The van der Waals surface area contributed by atoms with Crippen LogP contribution in [0.15, 0.2) is 0 Å². The molecule has 1 atom stereocenters. The van der Waals surface area contributed by atoms with E-state index in [1.165, 1.54) is 0 Å². The lowest BCUT2D eigenvalue weighted by molar-refractivity contribution is -0.828. The fourth-order valence-electron chi connectivity index (χ4n) is 0.825. The summed E-state index contributed by atoms with van der Waals surface area (Å²) in [6.07, 6.45) is 0.459. The van der Waals surface area contributed by atoms with Crippen molar-refractivity contribution in [2.45, 2.75) is 12.5 Å². The van der Waals surface area contributed by atoms with Crippen molar-refractivity contribution in [1.82, 2.24) is 0 Å². The highest BCUT2D eigenvalue weighted by Gasteiger charge is 2.20. The molecule has 1 unspecified atom stereocenters. The number of likely N-dealkylation sites (N-methyl/N-ethyl adjacent to an activating group) is 1. The minimum Gasteiger partial charge on any atom is -0.550 e. The van der Waals surface area contributed by atoms with Crippen LogP contribution in [-0.4, -0.2) is 59.8 Å². The van der Waals surface area contributed by atoms with Crippen LogP contribution in [-0.2, 0) is 15.2 Å². The Labute approximate surface area is 98.7 Å². The normalized spacial score (nSPS) is 12.9. The Hall–Kier alpha value is -1.25. The number of carbonyl (C=O) groups is 1. The van der Waals surface area contributed by atoms with Crippen LogP contribution in [0.1, 0.15) is 6.42 Å². The maximum Gasteiger partial charge on any atom is 0.394 e. The van der Waals surface area contributed by atoms with Crippen LogP contribution >= 0.6 is 0 Å². The lowest BCUT2D eigenvalue weighted by Crippen LogP contribution is -2.42. The molecule has 100 valence electrons. The molecule has 0 aliphatic rings. The Kier molecular flexibility index (Phi) is 7.62. The van der Waals surface area contributed by atoms with Gasteiger partial charge in [-0.15, -0.1) is 5.26 Å². The van der Waals surface area contributed by atoms with Crippen molar-refractivity contribution in [2.24, 2.45) is 0 Å². The van der Waals surface area contributed by atoms with E-state index < -0.39 is 28.9 Å². The van der Waals surface area contributed by atoms with E-state index in [4.69, 9.17) is 27.9 Å². The highest BCUT2D eigenvalue weighted by molar-refractivity contribution is 7.79. The predicted molar refractivity (Wildman–Crippen MR) is 52.4 cm³/mol. The summed E-state index contributed by atoms with van der Waals surface area (Å²) in [5.74, 6) is -1.31. The average Bonchev–Trinajstić information content (AvgIpc) is 1.97. The van der Waals surface area contributed by atoms with Gasteiger partial charge in [0.1, 0.15) is 12.6 Å². The van der Waals surface area contributed by atoms with Gasteiger partial charge in [0, 0.05) is 12.4 Å². The molecular weight excluding hydrogens is 256 g/mol. The van der Waals surface area contributed by atoms with Gasteiger partial charge in [0.25, 0.3) is 0 Å². The number of carbonyl (C=O) groups excluding carboxylic acids is 1. The fourth-order valence-corrected chi connectivity index (χ4v) is 0.825. The number of carboxylic acid groups (broad SMARTS) is 1. The second-order valence-electron chi connectivity index (χ2n) is 3.65. The number of hydrogen-bond donors (Lipinski definition) is 3. The summed E-state index contributed by atoms with van der Waals surface area (Å²) in [6, 6.07) is 0. The van der Waals surface area contributed by atoms with Crippen molar-refractivity contribution >= 4 is 16.4 Å². The third kappa shape index (κ3) is 20.7. The van der Waals surface area contributed by atoms with Crippen LogP contribution in [0, 0.1) is 11.5 Å². The van der Waals surface area contributed by atoms with Crippen LogP contribution in [0.5, 0.6) is 0 Å². The van der Waals surface area contributed by atoms with Crippen molar-refractivity contribution in [2.75, 3.05) is 20.6 Å². The highest BCUT2D eigenvalue weighted by atomic mass is 32.3. The number of aliphatic hydroxyl groups is 1. The zero-order valence-electron chi connectivity index (χ0n) is 9.27. The molecule has 0 radical (unpaired) electrons. The van der Waals surface area contributed by atoms with Crippen molar-refractivity contribution < 1.29 is 37.0 Å². The summed E-state index contributed by atoms with van der Waals surface area (Å²) in [5, 5.41) is 27.6. The van der Waals surface area contributed by atoms with Crippen molar-refractivity contribution in [3.63, 3.8) is 0 Å². The van der Waals surface area contributed by atoms with E-state index in [-0.39, 0.29) is 11.0 Å². The van der Waals surface area contributed by atoms with E-state index in [2.05, 4.69) is 0 Å². The number of nitriles is 1. The van der Waals surface area contributed by atoms with Gasteiger partial charge in [-0.1, -0.05) is 0 Å². The molecule has 0 rings (SSSR count). The molecule has 0 amide bonds. The third-order valence-electron chi connectivity index (χ3n) is 1.34. The molecule has 10 heteroatoms. The molecule has 0 saturated carbocycles. The Morgan fingerprint density at radius 3 is 2.06 bits per heavy atom. The number of nitrogens with zero attached hydrogens (tertiary/aromatic N) is 2. The molecule has 0 saturated heterocycles. The quantitative estimate of drug-likeness (QED) is 0.284. The smallest absolute Gasteiger partial charge is 0.394 e. The molecule has 0 heterocycles. The molecule has 0 aromatic carbocycles. The van der Waals surface area contributed by atoms with Crippen LogP contribution in [0.3, 0.4) is 0 Å². The van der Waals surface area contributed by atoms with Gasteiger partial charge in [0.2, 0.25) is 0 Å². The number of carboxylic acids is 1. The van der Waals surface area contributed by atoms with E-state index in [9.17, 15) is 9.90 Å². The van der Waals surface area contributed by atoms with Gasteiger partial charge < -0.3 is 15.0 Å². The van der Waals surface area contributed by atoms with Gasteiger partial charge in [0.05, 0.1) is 14.1 Å². The van der Waals surface area contributed by atoms with Crippen molar-refractivity contribution in [3.05, 3.63) is 0 Å². The molecule has 0 spiro atoms. The first-order valence-electron chi connectivity index (χ1n) is 4.19. The minimum absolute atomic E-state index is 0.0750. The van der Waals surface area contributed by atoms with E-state index in [1.807, 2.05) is 6.19 Å². The lowest BCUT2D eigenvalue weighted by atomic mass is 10.2. The summed E-state index contributed by atoms with van der Waals surface area (Å²) in [7, 11) is -1.50. The first-order valence-corrected chi connectivity index (χ1v) is 5.59. The number of aliphatic carboxylic acids is 1. The van der Waals surface area contributed by atoms with Crippen molar-refractivity contribution in [1.29, 1.82) is 5.26 Å². The van der Waals surface area contributed by atoms with Gasteiger partial charge >= 0.3 is 16.6 Å². The molecule has 17 heavy (non-hydrogen) atoms. The van der Waals surface area contributed by atoms with Gasteiger partial charge in [-0.2, -0.15) is 8.42 Å². The Balaban J connectivity index is 0. The monoisotopic (exact) mass is 270 g/mol. The molecular formula is C7H14N2O7S. The predicted octanol–water partition coefficient (Wildman–Crippen LogP) is -2.61. The number of quaternary nitrogens is 1. The average molecular weight is 270 g/mol. The first-order chi connectivity index (χ1) is 7.37. The molecule has 0 aliphatic heterocycles. The van der Waals surface area contributed by atoms with Crippen LogP contribution < -0.4 is 5.11 Å². The maximum atomic E-state index is 10.0. The van der Waals surface area contributed by atoms with Crippen LogP contribution in [0.4, 0.5) is 0 Å². The molecule has 9 nitrogen and oxygen atoms in total. The fraction of sp³-hybridized carbons (Fsp3) is 0.714. The highest BCUT2D eigenvalue weighted by Crippen LogP contribution is 1.99. The van der Waals surface area contributed by atoms with E-state index in [1.54, 1.807) is 14.1 Å². The number of aliphatic hydroxyl groups excluding tert-OH is 1. The summed E-state index contributed by atoms with van der Waals surface area (Å²) >= 11 is 0.